The molecular formula is C12H16N6O4S. The third-order valence-corrected chi connectivity index (χ3v) is 3.90. The zero-order valence-corrected chi connectivity index (χ0v) is 13.3. The number of hydrogen-bond acceptors (Lipinski definition) is 7. The van der Waals surface area contributed by atoms with E-state index in [0.29, 0.717) is 11.5 Å². The first-order chi connectivity index (χ1) is 10.8. The van der Waals surface area contributed by atoms with Crippen LogP contribution in [0.3, 0.4) is 0 Å². The van der Waals surface area contributed by atoms with Gasteiger partial charge in [-0.2, -0.15) is 0 Å². The monoisotopic (exact) mass is 340 g/mol. The Labute approximate surface area is 137 Å². The molecule has 124 valence electrons. The van der Waals surface area contributed by atoms with E-state index >= 15 is 0 Å². The molecule has 1 heterocycles. The topological polar surface area (TPSA) is 126 Å². The lowest BCUT2D eigenvalue weighted by Gasteiger charge is -2.39. The molecule has 11 heteroatoms. The van der Waals surface area contributed by atoms with Crippen molar-refractivity contribution in [3.63, 3.8) is 0 Å². The Balaban J connectivity index is 2.15. The van der Waals surface area contributed by atoms with Crippen molar-refractivity contribution in [1.29, 1.82) is 0 Å². The van der Waals surface area contributed by atoms with Crippen LogP contribution in [0.5, 0.6) is 0 Å². The molecule has 0 saturated carbocycles. The second-order valence-electron chi connectivity index (χ2n) is 5.20. The summed E-state index contributed by atoms with van der Waals surface area (Å²) in [7, 11) is 1.80. The second kappa shape index (κ2) is 6.71. The third kappa shape index (κ3) is 3.81. The number of benzene rings is 1. The van der Waals surface area contributed by atoms with Crippen LogP contribution in [0.1, 0.15) is 13.3 Å². The van der Waals surface area contributed by atoms with Crippen molar-refractivity contribution < 1.29 is 9.85 Å². The third-order valence-electron chi connectivity index (χ3n) is 3.50. The lowest BCUT2D eigenvalue weighted by molar-refractivity contribution is -0.393. The smallest absolute Gasteiger partial charge is 0.300 e. The molecule has 0 amide bonds. The van der Waals surface area contributed by atoms with Gasteiger partial charge >= 0.3 is 5.69 Å². The van der Waals surface area contributed by atoms with Gasteiger partial charge in [0.25, 0.3) is 5.69 Å². The summed E-state index contributed by atoms with van der Waals surface area (Å²) in [5, 5.41) is 25.5. The lowest BCUT2D eigenvalue weighted by Crippen LogP contribution is -2.59. The molecule has 1 saturated heterocycles. The molecule has 1 fully saturated rings. The van der Waals surface area contributed by atoms with Crippen LogP contribution < -0.4 is 16.2 Å². The molecule has 0 radical (unpaired) electrons. The Kier molecular flexibility index (Phi) is 4.91. The number of nitrogens with zero attached hydrogens (tertiary/aromatic N) is 3. The van der Waals surface area contributed by atoms with Crippen molar-refractivity contribution >= 4 is 34.4 Å². The standard InChI is InChI=1S/C12H16N6O4S/c1-7-5-11(16(2)12(23)13-7)15-14-9-4-3-8(17(19)20)6-10(9)18(21)22/h3-4,6-7,11,14-15H,5H2,1-2H3,(H,13,23)/t7-,11-/m1/s1. The highest BCUT2D eigenvalue weighted by Gasteiger charge is 2.27. The predicted molar refractivity (Wildman–Crippen MR) is 87.9 cm³/mol. The highest BCUT2D eigenvalue weighted by molar-refractivity contribution is 7.80. The molecule has 0 unspecified atom stereocenters. The van der Waals surface area contributed by atoms with Gasteiger partial charge in [-0.1, -0.05) is 0 Å². The maximum atomic E-state index is 11.1. The molecule has 0 aliphatic carbocycles. The van der Waals surface area contributed by atoms with Gasteiger partial charge in [-0.3, -0.25) is 20.2 Å². The molecular weight excluding hydrogens is 324 g/mol. The molecule has 0 aromatic heterocycles. The zero-order chi connectivity index (χ0) is 17.1. The molecule has 1 aliphatic heterocycles. The molecule has 10 nitrogen and oxygen atoms in total. The van der Waals surface area contributed by atoms with Gasteiger partial charge < -0.3 is 15.6 Å². The highest BCUT2D eigenvalue weighted by Crippen LogP contribution is 2.28. The summed E-state index contributed by atoms with van der Waals surface area (Å²) in [6.45, 7) is 1.97. The fraction of sp³-hybridized carbons (Fsp3) is 0.417. The van der Waals surface area contributed by atoms with Crippen molar-refractivity contribution in [3.8, 4) is 0 Å². The molecule has 0 bridgehead atoms. The summed E-state index contributed by atoms with van der Waals surface area (Å²) >= 11 is 5.19. The molecule has 2 atom stereocenters. The van der Waals surface area contributed by atoms with Gasteiger partial charge in [0.15, 0.2) is 5.11 Å². The molecule has 0 spiro atoms. The van der Waals surface area contributed by atoms with Gasteiger partial charge in [-0.05, 0) is 25.2 Å². The summed E-state index contributed by atoms with van der Waals surface area (Å²) < 4.78 is 0. The number of nitro groups is 2. The second-order valence-corrected chi connectivity index (χ2v) is 5.58. The van der Waals surface area contributed by atoms with Gasteiger partial charge in [0.1, 0.15) is 11.9 Å². The summed E-state index contributed by atoms with van der Waals surface area (Å²) in [6.07, 6.45) is 0.540. The Hall–Kier alpha value is -2.53. The molecule has 3 N–H and O–H groups in total. The summed E-state index contributed by atoms with van der Waals surface area (Å²) in [5.74, 6) is 0. The normalized spacial score (nSPS) is 20.8. The molecule has 2 rings (SSSR count). The number of nitro benzene ring substituents is 2. The Morgan fingerprint density at radius 1 is 1.35 bits per heavy atom. The summed E-state index contributed by atoms with van der Waals surface area (Å²) in [4.78, 5) is 22.3. The largest absolute Gasteiger partial charge is 0.360 e. The zero-order valence-electron chi connectivity index (χ0n) is 12.5. The van der Waals surface area contributed by atoms with Crippen LogP contribution in [0.2, 0.25) is 0 Å². The maximum Gasteiger partial charge on any atom is 0.300 e. The van der Waals surface area contributed by atoms with Crippen LogP contribution in [0, 0.1) is 20.2 Å². The van der Waals surface area contributed by atoms with Crippen molar-refractivity contribution in [2.45, 2.75) is 25.6 Å². The minimum atomic E-state index is -0.676. The van der Waals surface area contributed by atoms with Gasteiger partial charge in [-0.15, -0.1) is 0 Å². The fourth-order valence-corrected chi connectivity index (χ4v) is 2.54. The van der Waals surface area contributed by atoms with Crippen LogP contribution in [0.15, 0.2) is 18.2 Å². The maximum absolute atomic E-state index is 11.1. The van der Waals surface area contributed by atoms with E-state index in [9.17, 15) is 20.2 Å². The summed E-state index contributed by atoms with van der Waals surface area (Å²) in [6, 6.07) is 3.58. The van der Waals surface area contributed by atoms with Crippen molar-refractivity contribution in [2.24, 2.45) is 0 Å². The van der Waals surface area contributed by atoms with E-state index in [-0.39, 0.29) is 29.3 Å². The van der Waals surface area contributed by atoms with E-state index < -0.39 is 9.85 Å². The van der Waals surface area contributed by atoms with Crippen molar-refractivity contribution in [1.82, 2.24) is 15.6 Å². The Morgan fingerprint density at radius 2 is 2.04 bits per heavy atom. The van der Waals surface area contributed by atoms with Gasteiger partial charge in [-0.25, -0.2) is 5.43 Å². The quantitative estimate of drug-likeness (QED) is 0.413. The minimum Gasteiger partial charge on any atom is -0.360 e. The number of non-ortho nitro benzene ring substituents is 1. The molecule has 1 aromatic carbocycles. The average Bonchev–Trinajstić information content (AvgIpc) is 2.49. The number of hydrazine groups is 1. The van der Waals surface area contributed by atoms with Crippen LogP contribution in [0.4, 0.5) is 17.1 Å². The number of anilines is 1. The SMILES string of the molecule is C[C@@H]1C[C@H](NNc2ccc([N+](=O)[O-])cc2[N+](=O)[O-])N(C)C(=S)N1. The fourth-order valence-electron chi connectivity index (χ4n) is 2.21. The molecule has 1 aromatic rings. The van der Waals surface area contributed by atoms with Crippen molar-refractivity contribution in [2.75, 3.05) is 12.5 Å². The van der Waals surface area contributed by atoms with Crippen LogP contribution in [-0.4, -0.2) is 39.1 Å². The van der Waals surface area contributed by atoms with Crippen LogP contribution in [0.25, 0.3) is 0 Å². The van der Waals surface area contributed by atoms with Crippen LogP contribution >= 0.6 is 12.2 Å². The van der Waals surface area contributed by atoms with Gasteiger partial charge in [0.2, 0.25) is 0 Å². The first-order valence-corrected chi connectivity index (χ1v) is 7.18. The number of rotatable bonds is 5. The van der Waals surface area contributed by atoms with Crippen molar-refractivity contribution in [3.05, 3.63) is 38.4 Å². The highest BCUT2D eigenvalue weighted by atomic mass is 32.1. The van der Waals surface area contributed by atoms with E-state index in [2.05, 4.69) is 16.2 Å². The minimum absolute atomic E-state index is 0.145. The van der Waals surface area contributed by atoms with Crippen LogP contribution in [-0.2, 0) is 0 Å². The number of hydrogen-bond donors (Lipinski definition) is 3. The summed E-state index contributed by atoms with van der Waals surface area (Å²) in [5.41, 5.74) is 5.16. The van der Waals surface area contributed by atoms with E-state index in [1.165, 1.54) is 12.1 Å². The van der Waals surface area contributed by atoms with Gasteiger partial charge in [0, 0.05) is 25.6 Å². The van der Waals surface area contributed by atoms with E-state index in [1.54, 1.807) is 11.9 Å². The average molecular weight is 340 g/mol. The molecule has 1 aliphatic rings. The first kappa shape index (κ1) is 16.8. The number of nitrogens with one attached hydrogen (secondary N) is 3. The molecule has 23 heavy (non-hydrogen) atoms. The Bertz CT molecular complexity index is 654. The Morgan fingerprint density at radius 3 is 2.65 bits per heavy atom. The lowest BCUT2D eigenvalue weighted by atomic mass is 10.1. The van der Waals surface area contributed by atoms with E-state index in [4.69, 9.17) is 12.2 Å². The van der Waals surface area contributed by atoms with E-state index in [1.807, 2.05) is 6.92 Å². The number of thiocarbonyl (C=S) groups is 1. The predicted octanol–water partition coefficient (Wildman–Crippen LogP) is 1.34. The van der Waals surface area contributed by atoms with Gasteiger partial charge in [0.05, 0.1) is 15.9 Å². The first-order valence-electron chi connectivity index (χ1n) is 6.77. The van der Waals surface area contributed by atoms with E-state index in [0.717, 1.165) is 6.07 Å².